The Morgan fingerprint density at radius 2 is 1.66 bits per heavy atom. The van der Waals surface area contributed by atoms with Gasteiger partial charge in [0.1, 0.15) is 17.1 Å². The Kier molecular flexibility index (Phi) is 7.42. The maximum atomic E-state index is 12.5. The average molecular weight is 561 g/mol. The van der Waals surface area contributed by atoms with Crippen LogP contribution in [0.15, 0.2) is 105 Å². The summed E-state index contributed by atoms with van der Waals surface area (Å²) in [7, 11) is 0. The van der Waals surface area contributed by atoms with Gasteiger partial charge in [0.15, 0.2) is 5.11 Å². The Labute approximate surface area is 232 Å². The zero-order chi connectivity index (χ0) is 26.6. The molecule has 0 fully saturated rings. The first-order valence-corrected chi connectivity index (χ1v) is 12.5. The average Bonchev–Trinajstić information content (AvgIpc) is 3.37. The molecule has 0 bridgehead atoms. The molecule has 0 unspecified atom stereocenters. The molecular formula is C29H18Cl2N2O4S. The summed E-state index contributed by atoms with van der Waals surface area (Å²) >= 11 is 17.6. The third-order valence-electron chi connectivity index (χ3n) is 5.55. The minimum Gasteiger partial charge on any atom is -0.457 e. The second kappa shape index (κ2) is 11.1. The van der Waals surface area contributed by atoms with Crippen molar-refractivity contribution in [1.82, 2.24) is 5.32 Å². The van der Waals surface area contributed by atoms with Crippen LogP contribution in [-0.2, 0) is 4.79 Å². The summed E-state index contributed by atoms with van der Waals surface area (Å²) in [6.07, 6.45) is 2.85. The van der Waals surface area contributed by atoms with Gasteiger partial charge in [0.05, 0.1) is 10.6 Å². The number of carbonyl (C=O) groups excluding carboxylic acids is 1. The number of furan rings is 1. The number of nitrogens with one attached hydrogen (secondary N) is 2. The lowest BCUT2D eigenvalue weighted by atomic mass is 10.1. The molecule has 2 heterocycles. The SMILES string of the molecule is O=C(/C=C/c1ccc(-c2ccc(Cl)cc2)o1)NC(=S)Nc1ccc(-c2cc3ccccc3oc2=O)c(Cl)c1. The fraction of sp³-hybridized carbons (Fsp3) is 0. The third kappa shape index (κ3) is 5.86. The van der Waals surface area contributed by atoms with Crippen LogP contribution < -0.4 is 16.3 Å². The molecule has 5 aromatic rings. The Balaban J connectivity index is 1.22. The van der Waals surface area contributed by atoms with Gasteiger partial charge in [-0.3, -0.25) is 10.1 Å². The number of amides is 1. The van der Waals surface area contributed by atoms with Crippen molar-refractivity contribution in [2.24, 2.45) is 0 Å². The van der Waals surface area contributed by atoms with Crippen LogP contribution in [0.3, 0.4) is 0 Å². The molecule has 0 aliphatic carbocycles. The van der Waals surface area contributed by atoms with Crippen molar-refractivity contribution in [2.45, 2.75) is 0 Å². The highest BCUT2D eigenvalue weighted by molar-refractivity contribution is 7.80. The van der Waals surface area contributed by atoms with E-state index in [4.69, 9.17) is 44.3 Å². The van der Waals surface area contributed by atoms with Crippen molar-refractivity contribution in [3.8, 4) is 22.5 Å². The third-order valence-corrected chi connectivity index (χ3v) is 6.32. The van der Waals surface area contributed by atoms with Gasteiger partial charge in [0.25, 0.3) is 0 Å². The van der Waals surface area contributed by atoms with E-state index in [0.717, 1.165) is 10.9 Å². The molecule has 0 aliphatic rings. The van der Waals surface area contributed by atoms with E-state index in [9.17, 15) is 9.59 Å². The van der Waals surface area contributed by atoms with Crippen LogP contribution in [0.25, 0.3) is 39.5 Å². The Morgan fingerprint density at radius 3 is 2.45 bits per heavy atom. The molecule has 0 atom stereocenters. The molecule has 0 saturated carbocycles. The lowest BCUT2D eigenvalue weighted by Gasteiger charge is -2.10. The largest absolute Gasteiger partial charge is 0.457 e. The highest BCUT2D eigenvalue weighted by Crippen LogP contribution is 2.30. The second-order valence-corrected chi connectivity index (χ2v) is 9.42. The molecule has 2 aromatic heterocycles. The molecule has 0 spiro atoms. The van der Waals surface area contributed by atoms with Crippen molar-refractivity contribution in [3.05, 3.63) is 117 Å². The molecule has 2 N–H and O–H groups in total. The Bertz CT molecular complexity index is 1760. The number of benzene rings is 3. The molecule has 3 aromatic carbocycles. The van der Waals surface area contributed by atoms with Crippen molar-refractivity contribution < 1.29 is 13.6 Å². The quantitative estimate of drug-likeness (QED) is 0.131. The van der Waals surface area contributed by atoms with E-state index in [2.05, 4.69) is 10.6 Å². The monoisotopic (exact) mass is 560 g/mol. The summed E-state index contributed by atoms with van der Waals surface area (Å²) in [4.78, 5) is 24.8. The molecule has 9 heteroatoms. The fourth-order valence-electron chi connectivity index (χ4n) is 3.75. The van der Waals surface area contributed by atoms with Crippen LogP contribution in [0.4, 0.5) is 5.69 Å². The van der Waals surface area contributed by atoms with Gasteiger partial charge in [0.2, 0.25) is 5.91 Å². The summed E-state index contributed by atoms with van der Waals surface area (Å²) in [5, 5.41) is 7.30. The van der Waals surface area contributed by atoms with E-state index in [-0.39, 0.29) is 5.11 Å². The van der Waals surface area contributed by atoms with Crippen LogP contribution in [0, 0.1) is 0 Å². The zero-order valence-electron chi connectivity index (χ0n) is 19.5. The first kappa shape index (κ1) is 25.5. The lowest BCUT2D eigenvalue weighted by molar-refractivity contribution is -0.115. The molecular weight excluding hydrogens is 543 g/mol. The van der Waals surface area contributed by atoms with Gasteiger partial charge in [-0.15, -0.1) is 0 Å². The second-order valence-electron chi connectivity index (χ2n) is 8.17. The number of fused-ring (bicyclic) bond motifs is 1. The normalized spacial score (nSPS) is 11.1. The van der Waals surface area contributed by atoms with E-state index in [1.807, 2.05) is 30.3 Å². The van der Waals surface area contributed by atoms with E-state index < -0.39 is 11.5 Å². The number of halogens is 2. The molecule has 6 nitrogen and oxygen atoms in total. The van der Waals surface area contributed by atoms with Crippen molar-refractivity contribution >= 4 is 69.2 Å². The lowest BCUT2D eigenvalue weighted by Crippen LogP contribution is -2.32. The van der Waals surface area contributed by atoms with Crippen LogP contribution >= 0.6 is 35.4 Å². The van der Waals surface area contributed by atoms with Crippen LogP contribution in [-0.4, -0.2) is 11.0 Å². The highest BCUT2D eigenvalue weighted by Gasteiger charge is 2.12. The number of hydrogen-bond donors (Lipinski definition) is 2. The number of rotatable bonds is 5. The van der Waals surface area contributed by atoms with E-state index in [1.165, 1.54) is 12.2 Å². The summed E-state index contributed by atoms with van der Waals surface area (Å²) in [6, 6.07) is 24.8. The summed E-state index contributed by atoms with van der Waals surface area (Å²) in [5.41, 5.74) is 2.29. The van der Waals surface area contributed by atoms with Gasteiger partial charge in [0, 0.05) is 33.3 Å². The fourth-order valence-corrected chi connectivity index (χ4v) is 4.37. The first-order valence-electron chi connectivity index (χ1n) is 11.3. The van der Waals surface area contributed by atoms with Crippen LogP contribution in [0.1, 0.15) is 5.76 Å². The summed E-state index contributed by atoms with van der Waals surface area (Å²) < 4.78 is 11.2. The maximum absolute atomic E-state index is 12.5. The number of para-hydroxylation sites is 1. The van der Waals surface area contributed by atoms with Crippen LogP contribution in [0.5, 0.6) is 0 Å². The van der Waals surface area contributed by atoms with Gasteiger partial charge >= 0.3 is 5.63 Å². The first-order chi connectivity index (χ1) is 18.4. The molecule has 1 amide bonds. The van der Waals surface area contributed by atoms with Gasteiger partial charge < -0.3 is 14.2 Å². The number of thiocarbonyl (C=S) groups is 1. The summed E-state index contributed by atoms with van der Waals surface area (Å²) in [6.45, 7) is 0. The molecule has 0 radical (unpaired) electrons. The van der Waals surface area contributed by atoms with Gasteiger partial charge in [-0.25, -0.2) is 4.79 Å². The Hall–Kier alpha value is -4.17. The standard InChI is InChI=1S/C29H18Cl2N2O4S/c30-19-7-5-17(6-8-19)26-13-10-21(36-26)11-14-27(34)33-29(38)32-20-9-12-22(24(31)16-20)23-15-18-3-1-2-4-25(18)37-28(23)35/h1-16H,(H2,32,33,34,38)/b14-11+. The Morgan fingerprint density at radius 1 is 0.868 bits per heavy atom. The van der Waals surface area contributed by atoms with Gasteiger partial charge in [-0.05, 0) is 79.0 Å². The topological polar surface area (TPSA) is 84.5 Å². The minimum absolute atomic E-state index is 0.0787. The van der Waals surface area contributed by atoms with E-state index in [0.29, 0.717) is 44.0 Å². The number of carbonyl (C=O) groups is 1. The highest BCUT2D eigenvalue weighted by atomic mass is 35.5. The van der Waals surface area contributed by atoms with Crippen molar-refractivity contribution in [1.29, 1.82) is 0 Å². The zero-order valence-corrected chi connectivity index (χ0v) is 21.9. The molecule has 5 rings (SSSR count). The van der Waals surface area contributed by atoms with Gasteiger partial charge in [-0.2, -0.15) is 0 Å². The minimum atomic E-state index is -0.488. The predicted octanol–water partition coefficient (Wildman–Crippen LogP) is 7.55. The van der Waals surface area contributed by atoms with Gasteiger partial charge in [-0.1, -0.05) is 47.5 Å². The molecule has 38 heavy (non-hydrogen) atoms. The maximum Gasteiger partial charge on any atom is 0.344 e. The van der Waals surface area contributed by atoms with E-state index in [1.54, 1.807) is 54.6 Å². The smallest absolute Gasteiger partial charge is 0.344 e. The van der Waals surface area contributed by atoms with Crippen molar-refractivity contribution in [3.63, 3.8) is 0 Å². The predicted molar refractivity (Wildman–Crippen MR) is 155 cm³/mol. The van der Waals surface area contributed by atoms with E-state index >= 15 is 0 Å². The van der Waals surface area contributed by atoms with Crippen LogP contribution in [0.2, 0.25) is 10.0 Å². The van der Waals surface area contributed by atoms with Crippen molar-refractivity contribution in [2.75, 3.05) is 5.32 Å². The number of hydrogen-bond acceptors (Lipinski definition) is 5. The molecule has 188 valence electrons. The summed E-state index contributed by atoms with van der Waals surface area (Å²) in [5.74, 6) is 0.716. The molecule has 0 saturated heterocycles. The number of anilines is 1. The molecule has 0 aliphatic heterocycles.